The van der Waals surface area contributed by atoms with E-state index >= 15 is 0 Å². The van der Waals surface area contributed by atoms with Crippen molar-refractivity contribution in [3.05, 3.63) is 53.6 Å². The van der Waals surface area contributed by atoms with Gasteiger partial charge in [0, 0.05) is 6.54 Å². The van der Waals surface area contributed by atoms with Crippen molar-refractivity contribution in [3.63, 3.8) is 0 Å². The fourth-order valence-electron chi connectivity index (χ4n) is 1.88. The summed E-state index contributed by atoms with van der Waals surface area (Å²) in [6.45, 7) is 2.41. The molecule has 1 unspecified atom stereocenters. The third kappa shape index (κ3) is 4.49. The molecular formula is C14H16ClN3O2S. The van der Waals surface area contributed by atoms with Crippen LogP contribution in [0.25, 0.3) is 0 Å². The summed E-state index contributed by atoms with van der Waals surface area (Å²) in [4.78, 5) is 7.36. The summed E-state index contributed by atoms with van der Waals surface area (Å²) in [6.07, 6.45) is 3.09. The minimum atomic E-state index is -3.59. The molecule has 0 aliphatic carbocycles. The molecule has 0 spiro atoms. The number of nitrogens with one attached hydrogen (secondary N) is 1. The molecule has 0 fully saturated rings. The molecule has 112 valence electrons. The van der Waals surface area contributed by atoms with E-state index in [1.165, 1.54) is 18.0 Å². The lowest BCUT2D eigenvalue weighted by atomic mass is 9.98. The normalized spacial score (nSPS) is 13.0. The Balaban J connectivity index is 1.92. The summed E-state index contributed by atoms with van der Waals surface area (Å²) in [5.41, 5.74) is 1.19. The minimum Gasteiger partial charge on any atom is -0.225 e. The molecule has 5 nitrogen and oxygen atoms in total. The highest BCUT2D eigenvalue weighted by Crippen LogP contribution is 2.18. The Morgan fingerprint density at radius 3 is 2.43 bits per heavy atom. The largest absolute Gasteiger partial charge is 0.243 e. The summed E-state index contributed by atoms with van der Waals surface area (Å²) in [5.74, 6) is 0.273. The van der Waals surface area contributed by atoms with Gasteiger partial charge in [0.05, 0.1) is 12.4 Å². The quantitative estimate of drug-likeness (QED) is 0.829. The Morgan fingerprint density at radius 1 is 1.19 bits per heavy atom. The third-order valence-electron chi connectivity index (χ3n) is 3.14. The van der Waals surface area contributed by atoms with E-state index in [-0.39, 0.29) is 16.1 Å². The van der Waals surface area contributed by atoms with Crippen LogP contribution in [0.15, 0.2) is 47.6 Å². The molecule has 0 amide bonds. The Bertz CT molecular complexity index is 675. The molecule has 0 bridgehead atoms. The first-order chi connectivity index (χ1) is 9.99. The number of halogens is 1. The molecule has 0 aliphatic rings. The topological polar surface area (TPSA) is 72.0 Å². The van der Waals surface area contributed by atoms with Crippen LogP contribution in [-0.4, -0.2) is 24.9 Å². The van der Waals surface area contributed by atoms with Gasteiger partial charge in [-0.3, -0.25) is 0 Å². The van der Waals surface area contributed by atoms with Gasteiger partial charge in [0.15, 0.2) is 0 Å². The summed E-state index contributed by atoms with van der Waals surface area (Å²) in [6, 6.07) is 9.97. The second-order valence-electron chi connectivity index (χ2n) is 4.69. The SMILES string of the molecule is CC(CCNS(=O)(=O)c1cnc(Cl)nc1)c1ccccc1. The Hall–Kier alpha value is -1.50. The van der Waals surface area contributed by atoms with Crippen molar-refractivity contribution >= 4 is 21.6 Å². The van der Waals surface area contributed by atoms with Crippen LogP contribution in [-0.2, 0) is 10.0 Å². The standard InChI is InChI=1S/C14H16ClN3O2S/c1-11(12-5-3-2-4-6-12)7-8-18-21(19,20)13-9-16-14(15)17-10-13/h2-6,9-11,18H,7-8H2,1H3. The average molecular weight is 326 g/mol. The number of aromatic nitrogens is 2. The van der Waals surface area contributed by atoms with Crippen LogP contribution in [0.3, 0.4) is 0 Å². The van der Waals surface area contributed by atoms with Crippen molar-refractivity contribution in [1.82, 2.24) is 14.7 Å². The number of benzene rings is 1. The van der Waals surface area contributed by atoms with E-state index in [4.69, 9.17) is 11.6 Å². The minimum absolute atomic E-state index is 0.0132. The van der Waals surface area contributed by atoms with Crippen molar-refractivity contribution in [2.45, 2.75) is 24.2 Å². The number of hydrogen-bond donors (Lipinski definition) is 1. The first-order valence-electron chi connectivity index (χ1n) is 6.51. The first kappa shape index (κ1) is 15.9. The van der Waals surface area contributed by atoms with E-state index in [1.54, 1.807) is 0 Å². The Morgan fingerprint density at radius 2 is 1.81 bits per heavy atom. The number of nitrogens with zero attached hydrogens (tertiary/aromatic N) is 2. The second kappa shape index (κ2) is 6.98. The van der Waals surface area contributed by atoms with Gasteiger partial charge in [-0.25, -0.2) is 23.1 Å². The van der Waals surface area contributed by atoms with Gasteiger partial charge in [-0.1, -0.05) is 37.3 Å². The molecule has 0 saturated carbocycles. The van der Waals surface area contributed by atoms with Crippen LogP contribution in [0.1, 0.15) is 24.8 Å². The first-order valence-corrected chi connectivity index (χ1v) is 8.37. The maximum Gasteiger partial charge on any atom is 0.243 e. The number of rotatable bonds is 6. The molecule has 0 saturated heterocycles. The van der Waals surface area contributed by atoms with Gasteiger partial charge >= 0.3 is 0 Å². The van der Waals surface area contributed by atoms with E-state index < -0.39 is 10.0 Å². The molecule has 1 aromatic heterocycles. The zero-order valence-electron chi connectivity index (χ0n) is 11.5. The molecule has 0 aliphatic heterocycles. The predicted molar refractivity (Wildman–Crippen MR) is 81.7 cm³/mol. The van der Waals surface area contributed by atoms with Crippen molar-refractivity contribution in [1.29, 1.82) is 0 Å². The molecule has 0 radical (unpaired) electrons. The van der Waals surface area contributed by atoms with E-state index in [2.05, 4.69) is 21.6 Å². The lowest BCUT2D eigenvalue weighted by Crippen LogP contribution is -2.26. The van der Waals surface area contributed by atoms with E-state index in [9.17, 15) is 8.42 Å². The molecule has 7 heteroatoms. The highest BCUT2D eigenvalue weighted by atomic mass is 35.5. The molecule has 1 heterocycles. The molecule has 2 rings (SSSR count). The summed E-state index contributed by atoms with van der Waals surface area (Å²) >= 11 is 5.54. The van der Waals surface area contributed by atoms with Crippen molar-refractivity contribution in [3.8, 4) is 0 Å². The van der Waals surface area contributed by atoms with Crippen LogP contribution in [0, 0.1) is 0 Å². The molecule has 1 aromatic carbocycles. The molecule has 21 heavy (non-hydrogen) atoms. The van der Waals surface area contributed by atoms with Crippen LogP contribution in [0.2, 0.25) is 5.28 Å². The van der Waals surface area contributed by atoms with Crippen LogP contribution in [0.5, 0.6) is 0 Å². The van der Waals surface area contributed by atoms with Crippen molar-refractivity contribution in [2.24, 2.45) is 0 Å². The van der Waals surface area contributed by atoms with Crippen LogP contribution < -0.4 is 4.72 Å². The van der Waals surface area contributed by atoms with Gasteiger partial charge in [-0.15, -0.1) is 0 Å². The van der Waals surface area contributed by atoms with Crippen molar-refractivity contribution < 1.29 is 8.42 Å². The monoisotopic (exact) mass is 325 g/mol. The predicted octanol–water partition coefficient (Wildman–Crippen LogP) is 2.60. The number of hydrogen-bond acceptors (Lipinski definition) is 4. The zero-order valence-corrected chi connectivity index (χ0v) is 13.1. The highest BCUT2D eigenvalue weighted by molar-refractivity contribution is 7.89. The zero-order chi connectivity index (χ0) is 15.3. The van der Waals surface area contributed by atoms with Gasteiger partial charge in [0.1, 0.15) is 4.90 Å². The lowest BCUT2D eigenvalue weighted by Gasteiger charge is -2.12. The highest BCUT2D eigenvalue weighted by Gasteiger charge is 2.15. The van der Waals surface area contributed by atoms with E-state index in [0.717, 1.165) is 0 Å². The molecular weight excluding hydrogens is 310 g/mol. The molecule has 1 atom stereocenters. The van der Waals surface area contributed by atoms with Crippen molar-refractivity contribution in [2.75, 3.05) is 6.54 Å². The van der Waals surface area contributed by atoms with E-state index in [0.29, 0.717) is 13.0 Å². The van der Waals surface area contributed by atoms with E-state index in [1.807, 2.05) is 30.3 Å². The van der Waals surface area contributed by atoms with Crippen LogP contribution >= 0.6 is 11.6 Å². The number of sulfonamides is 1. The lowest BCUT2D eigenvalue weighted by molar-refractivity contribution is 0.571. The summed E-state index contributed by atoms with van der Waals surface area (Å²) in [5, 5.41) is 0.0200. The van der Waals surface area contributed by atoms with Crippen LogP contribution in [0.4, 0.5) is 0 Å². The maximum atomic E-state index is 12.0. The fraction of sp³-hybridized carbons (Fsp3) is 0.286. The smallest absolute Gasteiger partial charge is 0.225 e. The molecule has 1 N–H and O–H groups in total. The maximum absolute atomic E-state index is 12.0. The third-order valence-corrected chi connectivity index (χ3v) is 4.76. The molecule has 2 aromatic rings. The summed E-state index contributed by atoms with van der Waals surface area (Å²) in [7, 11) is -3.59. The summed E-state index contributed by atoms with van der Waals surface area (Å²) < 4.78 is 26.6. The van der Waals surface area contributed by atoms with Gasteiger partial charge in [0.25, 0.3) is 0 Å². The van der Waals surface area contributed by atoms with Gasteiger partial charge in [0.2, 0.25) is 15.3 Å². The second-order valence-corrected chi connectivity index (χ2v) is 6.79. The van der Waals surface area contributed by atoms with Gasteiger partial charge < -0.3 is 0 Å². The fourth-order valence-corrected chi connectivity index (χ4v) is 2.91. The van der Waals surface area contributed by atoms with Gasteiger partial charge in [-0.05, 0) is 29.5 Å². The Kier molecular flexibility index (Phi) is 5.27. The van der Waals surface area contributed by atoms with Gasteiger partial charge in [-0.2, -0.15) is 0 Å². The Labute approximate surface area is 129 Å². The average Bonchev–Trinajstić information content (AvgIpc) is 2.48.